The van der Waals surface area contributed by atoms with Crippen LogP contribution >= 0.6 is 0 Å². The lowest BCUT2D eigenvalue weighted by atomic mass is 10.1. The standard InChI is InChI=1S/C11H12F3N/c1-8-2-4-9(5-3-8)6-7-10(15)11(12,13)14/h2-5,7H,6,15H2,1H3/b10-7-. The van der Waals surface area contributed by atoms with Gasteiger partial charge in [-0.25, -0.2) is 0 Å². The van der Waals surface area contributed by atoms with Gasteiger partial charge >= 0.3 is 6.18 Å². The number of hydrogen-bond acceptors (Lipinski definition) is 1. The highest BCUT2D eigenvalue weighted by atomic mass is 19.4. The maximum atomic E-state index is 12.0. The molecule has 1 aromatic rings. The Morgan fingerprint density at radius 1 is 1.27 bits per heavy atom. The molecule has 2 N–H and O–H groups in total. The van der Waals surface area contributed by atoms with E-state index in [1.807, 2.05) is 19.1 Å². The Balaban J connectivity index is 2.68. The first-order valence-corrected chi connectivity index (χ1v) is 4.48. The molecule has 0 aliphatic carbocycles. The molecule has 0 amide bonds. The second-order valence-corrected chi connectivity index (χ2v) is 3.35. The number of alkyl halides is 3. The Labute approximate surface area is 86.4 Å². The Kier molecular flexibility index (Phi) is 3.39. The summed E-state index contributed by atoms with van der Waals surface area (Å²) in [5.41, 5.74) is 5.71. The van der Waals surface area contributed by atoms with E-state index in [0.29, 0.717) is 0 Å². The molecule has 4 heteroatoms. The number of halogens is 3. The summed E-state index contributed by atoms with van der Waals surface area (Å²) in [6.45, 7) is 1.92. The molecule has 0 aliphatic rings. The van der Waals surface area contributed by atoms with Crippen LogP contribution in [-0.4, -0.2) is 6.18 Å². The topological polar surface area (TPSA) is 26.0 Å². The lowest BCUT2D eigenvalue weighted by molar-refractivity contribution is -0.0928. The molecule has 0 fully saturated rings. The van der Waals surface area contributed by atoms with Gasteiger partial charge < -0.3 is 5.73 Å². The highest BCUT2D eigenvalue weighted by molar-refractivity contribution is 5.24. The minimum atomic E-state index is -4.43. The zero-order valence-corrected chi connectivity index (χ0v) is 8.31. The van der Waals surface area contributed by atoms with Crippen molar-refractivity contribution in [2.45, 2.75) is 19.5 Å². The van der Waals surface area contributed by atoms with Gasteiger partial charge in [0.25, 0.3) is 0 Å². The predicted octanol–water partition coefficient (Wildman–Crippen LogP) is 2.94. The summed E-state index contributed by atoms with van der Waals surface area (Å²) in [4.78, 5) is 0. The van der Waals surface area contributed by atoms with Gasteiger partial charge in [0.15, 0.2) is 0 Å². The summed E-state index contributed by atoms with van der Waals surface area (Å²) in [6, 6.07) is 7.28. The lowest BCUT2D eigenvalue weighted by Gasteiger charge is -2.06. The molecule has 1 rings (SSSR count). The van der Waals surface area contributed by atoms with Gasteiger partial charge in [0, 0.05) is 0 Å². The average molecular weight is 215 g/mol. The third kappa shape index (κ3) is 3.65. The fourth-order valence-electron chi connectivity index (χ4n) is 1.07. The maximum absolute atomic E-state index is 12.0. The molecule has 0 saturated carbocycles. The van der Waals surface area contributed by atoms with E-state index in [1.165, 1.54) is 0 Å². The summed E-state index contributed by atoms with van der Waals surface area (Å²) in [5, 5.41) is 0. The fraction of sp³-hybridized carbons (Fsp3) is 0.273. The second kappa shape index (κ2) is 4.38. The highest BCUT2D eigenvalue weighted by Gasteiger charge is 2.30. The minimum absolute atomic E-state index is 0.200. The van der Waals surface area contributed by atoms with Crippen LogP contribution in [0.1, 0.15) is 11.1 Å². The van der Waals surface area contributed by atoms with E-state index in [2.05, 4.69) is 0 Å². The molecule has 0 bridgehead atoms. The van der Waals surface area contributed by atoms with Crippen LogP contribution in [0.4, 0.5) is 13.2 Å². The van der Waals surface area contributed by atoms with E-state index < -0.39 is 11.9 Å². The van der Waals surface area contributed by atoms with Crippen molar-refractivity contribution >= 4 is 0 Å². The highest BCUT2D eigenvalue weighted by Crippen LogP contribution is 2.21. The van der Waals surface area contributed by atoms with E-state index in [0.717, 1.165) is 17.2 Å². The molecule has 0 saturated heterocycles. The van der Waals surface area contributed by atoms with Crippen molar-refractivity contribution < 1.29 is 13.2 Å². The normalized spacial score (nSPS) is 12.9. The van der Waals surface area contributed by atoms with E-state index in [9.17, 15) is 13.2 Å². The van der Waals surface area contributed by atoms with Gasteiger partial charge in [0.2, 0.25) is 0 Å². The molecule has 1 aromatic carbocycles. The fourth-order valence-corrected chi connectivity index (χ4v) is 1.07. The Hall–Kier alpha value is -1.45. The summed E-state index contributed by atoms with van der Waals surface area (Å²) >= 11 is 0. The molecule has 0 atom stereocenters. The van der Waals surface area contributed by atoms with Crippen molar-refractivity contribution in [2.75, 3.05) is 0 Å². The van der Waals surface area contributed by atoms with Crippen LogP contribution in [-0.2, 0) is 6.42 Å². The number of hydrogen-bond donors (Lipinski definition) is 1. The summed E-state index contributed by atoms with van der Waals surface area (Å²) < 4.78 is 36.1. The molecule has 0 unspecified atom stereocenters. The zero-order valence-electron chi connectivity index (χ0n) is 8.31. The summed E-state index contributed by atoms with van der Waals surface area (Å²) in [6.07, 6.45) is -3.24. The molecular formula is C11H12F3N. The Morgan fingerprint density at radius 2 is 1.80 bits per heavy atom. The van der Waals surface area contributed by atoms with Crippen LogP contribution in [0.3, 0.4) is 0 Å². The SMILES string of the molecule is Cc1ccc(C/C=C(\N)C(F)(F)F)cc1. The van der Waals surface area contributed by atoms with Gasteiger partial charge in [-0.05, 0) is 18.9 Å². The molecule has 0 spiro atoms. The van der Waals surface area contributed by atoms with Gasteiger partial charge in [-0.1, -0.05) is 35.9 Å². The molecule has 0 aromatic heterocycles. The second-order valence-electron chi connectivity index (χ2n) is 3.35. The first kappa shape index (κ1) is 11.6. The van der Waals surface area contributed by atoms with Crippen molar-refractivity contribution in [3.05, 3.63) is 47.2 Å². The van der Waals surface area contributed by atoms with E-state index >= 15 is 0 Å². The third-order valence-electron chi connectivity index (χ3n) is 2.01. The number of aryl methyl sites for hydroxylation is 1. The van der Waals surface area contributed by atoms with Gasteiger partial charge in [0.1, 0.15) is 5.70 Å². The monoisotopic (exact) mass is 215 g/mol. The lowest BCUT2D eigenvalue weighted by Crippen LogP contribution is -2.19. The molecule has 0 heterocycles. The molecule has 0 radical (unpaired) electrons. The van der Waals surface area contributed by atoms with Crippen LogP contribution < -0.4 is 5.73 Å². The van der Waals surface area contributed by atoms with Crippen molar-refractivity contribution in [1.29, 1.82) is 0 Å². The first-order chi connectivity index (χ1) is 6.89. The molecule has 1 nitrogen and oxygen atoms in total. The van der Waals surface area contributed by atoms with Crippen LogP contribution in [0, 0.1) is 6.92 Å². The molecule has 15 heavy (non-hydrogen) atoms. The third-order valence-corrected chi connectivity index (χ3v) is 2.01. The van der Waals surface area contributed by atoms with Crippen molar-refractivity contribution in [2.24, 2.45) is 5.73 Å². The van der Waals surface area contributed by atoms with Gasteiger partial charge in [-0.3, -0.25) is 0 Å². The Bertz CT molecular complexity index is 349. The van der Waals surface area contributed by atoms with Crippen LogP contribution in [0.15, 0.2) is 36.0 Å². The average Bonchev–Trinajstić information content (AvgIpc) is 2.15. The number of rotatable bonds is 2. The predicted molar refractivity (Wildman–Crippen MR) is 53.2 cm³/mol. The zero-order chi connectivity index (χ0) is 11.5. The van der Waals surface area contributed by atoms with Gasteiger partial charge in [-0.2, -0.15) is 13.2 Å². The quantitative estimate of drug-likeness (QED) is 0.806. The van der Waals surface area contributed by atoms with Crippen molar-refractivity contribution in [3.8, 4) is 0 Å². The minimum Gasteiger partial charge on any atom is -0.395 e. The van der Waals surface area contributed by atoms with E-state index in [4.69, 9.17) is 5.73 Å². The van der Waals surface area contributed by atoms with Gasteiger partial charge in [-0.15, -0.1) is 0 Å². The van der Waals surface area contributed by atoms with Crippen LogP contribution in [0.5, 0.6) is 0 Å². The molecular weight excluding hydrogens is 203 g/mol. The van der Waals surface area contributed by atoms with Crippen LogP contribution in [0.25, 0.3) is 0 Å². The number of allylic oxidation sites excluding steroid dienone is 2. The molecule has 0 aliphatic heterocycles. The largest absolute Gasteiger partial charge is 0.430 e. The molecule has 82 valence electrons. The van der Waals surface area contributed by atoms with Gasteiger partial charge in [0.05, 0.1) is 0 Å². The van der Waals surface area contributed by atoms with E-state index in [-0.39, 0.29) is 6.42 Å². The number of benzene rings is 1. The maximum Gasteiger partial charge on any atom is 0.430 e. The van der Waals surface area contributed by atoms with Crippen LogP contribution in [0.2, 0.25) is 0 Å². The van der Waals surface area contributed by atoms with E-state index in [1.54, 1.807) is 12.1 Å². The summed E-state index contributed by atoms with van der Waals surface area (Å²) in [7, 11) is 0. The summed E-state index contributed by atoms with van der Waals surface area (Å²) in [5.74, 6) is 0. The Morgan fingerprint density at radius 3 is 2.27 bits per heavy atom. The number of nitrogens with two attached hydrogens (primary N) is 1. The first-order valence-electron chi connectivity index (χ1n) is 4.48. The smallest absolute Gasteiger partial charge is 0.395 e. The van der Waals surface area contributed by atoms with Crippen molar-refractivity contribution in [1.82, 2.24) is 0 Å². The van der Waals surface area contributed by atoms with Crippen molar-refractivity contribution in [3.63, 3.8) is 0 Å².